The highest BCUT2D eigenvalue weighted by atomic mass is 35.5. The van der Waals surface area contributed by atoms with Crippen molar-refractivity contribution in [2.24, 2.45) is 5.73 Å². The average molecular weight is 216 g/mol. The molecule has 0 bridgehead atoms. The summed E-state index contributed by atoms with van der Waals surface area (Å²) in [5.41, 5.74) is 7.58. The summed E-state index contributed by atoms with van der Waals surface area (Å²) in [5.74, 6) is 0.834. The fourth-order valence-corrected chi connectivity index (χ4v) is 1.31. The number of hydrogen-bond donors (Lipinski definition) is 2. The fraction of sp³-hybridized carbons (Fsp3) is 0.455. The van der Waals surface area contributed by atoms with Crippen LogP contribution in [0, 0.1) is 0 Å². The van der Waals surface area contributed by atoms with Gasteiger partial charge in [-0.05, 0) is 24.0 Å². The molecule has 0 aliphatic carbocycles. The van der Waals surface area contributed by atoms with E-state index in [0.29, 0.717) is 18.2 Å². The second-order valence-electron chi connectivity index (χ2n) is 3.40. The lowest BCUT2D eigenvalue weighted by molar-refractivity contribution is 0.468. The zero-order chi connectivity index (χ0) is 9.84. The van der Waals surface area contributed by atoms with Gasteiger partial charge in [0.2, 0.25) is 0 Å². The molecule has 1 rings (SSSR count). The van der Waals surface area contributed by atoms with E-state index in [1.807, 2.05) is 12.1 Å². The number of halogens is 1. The smallest absolute Gasteiger partial charge is 0.120 e. The van der Waals surface area contributed by atoms with Gasteiger partial charge in [-0.15, -0.1) is 12.4 Å². The molecule has 0 saturated heterocycles. The van der Waals surface area contributed by atoms with Crippen molar-refractivity contribution in [3.05, 3.63) is 29.3 Å². The molecule has 3 N–H and O–H groups in total. The number of phenolic OH excluding ortho intramolecular Hbond substituents is 1. The quantitative estimate of drug-likeness (QED) is 0.815. The molecule has 0 spiro atoms. The van der Waals surface area contributed by atoms with E-state index in [1.165, 1.54) is 5.56 Å². The maximum Gasteiger partial charge on any atom is 0.120 e. The van der Waals surface area contributed by atoms with Crippen LogP contribution in [0.5, 0.6) is 5.75 Å². The highest BCUT2D eigenvalue weighted by Crippen LogP contribution is 2.24. The van der Waals surface area contributed by atoms with Crippen LogP contribution in [-0.2, 0) is 6.54 Å². The second-order valence-corrected chi connectivity index (χ2v) is 3.40. The molecule has 0 amide bonds. The van der Waals surface area contributed by atoms with Gasteiger partial charge in [0.1, 0.15) is 5.75 Å². The minimum atomic E-state index is 0. The Kier molecular flexibility index (Phi) is 5.58. The monoisotopic (exact) mass is 215 g/mol. The minimum Gasteiger partial charge on any atom is -0.508 e. The van der Waals surface area contributed by atoms with Crippen molar-refractivity contribution in [2.45, 2.75) is 32.7 Å². The van der Waals surface area contributed by atoms with Crippen molar-refractivity contribution in [1.29, 1.82) is 0 Å². The maximum absolute atomic E-state index is 9.41. The second kappa shape index (κ2) is 5.89. The van der Waals surface area contributed by atoms with Gasteiger partial charge in [0.25, 0.3) is 0 Å². The van der Waals surface area contributed by atoms with Gasteiger partial charge < -0.3 is 10.8 Å². The Balaban J connectivity index is 0.00000169. The van der Waals surface area contributed by atoms with Gasteiger partial charge in [-0.25, -0.2) is 0 Å². The standard InChI is InChI=1S/C11H17NO.ClH/c1-3-8(2)9-4-5-11(13)10(6-9)7-12;/h4-6,8,13H,3,7,12H2,1-2H3;1H. The normalized spacial score (nSPS) is 11.9. The van der Waals surface area contributed by atoms with Crippen LogP contribution in [0.15, 0.2) is 18.2 Å². The third kappa shape index (κ3) is 2.89. The summed E-state index contributed by atoms with van der Waals surface area (Å²) in [7, 11) is 0. The summed E-state index contributed by atoms with van der Waals surface area (Å²) >= 11 is 0. The summed E-state index contributed by atoms with van der Waals surface area (Å²) in [6.45, 7) is 4.72. The first kappa shape index (κ1) is 13.3. The Hall–Kier alpha value is -0.730. The first-order valence-corrected chi connectivity index (χ1v) is 4.70. The number of phenols is 1. The summed E-state index contributed by atoms with van der Waals surface area (Å²) < 4.78 is 0. The molecule has 0 fully saturated rings. The van der Waals surface area contributed by atoms with E-state index in [0.717, 1.165) is 12.0 Å². The van der Waals surface area contributed by atoms with Crippen LogP contribution in [0.4, 0.5) is 0 Å². The van der Waals surface area contributed by atoms with Crippen LogP contribution in [-0.4, -0.2) is 5.11 Å². The highest BCUT2D eigenvalue weighted by molar-refractivity contribution is 5.85. The van der Waals surface area contributed by atoms with Crippen LogP contribution in [0.25, 0.3) is 0 Å². The van der Waals surface area contributed by atoms with Gasteiger partial charge >= 0.3 is 0 Å². The summed E-state index contributed by atoms with van der Waals surface area (Å²) in [6, 6.07) is 5.68. The Morgan fingerprint density at radius 2 is 2.07 bits per heavy atom. The Morgan fingerprint density at radius 3 is 2.57 bits per heavy atom. The van der Waals surface area contributed by atoms with Gasteiger partial charge in [0, 0.05) is 12.1 Å². The van der Waals surface area contributed by atoms with Crippen molar-refractivity contribution in [3.8, 4) is 5.75 Å². The van der Waals surface area contributed by atoms with Gasteiger partial charge in [-0.3, -0.25) is 0 Å². The van der Waals surface area contributed by atoms with Gasteiger partial charge in [0.05, 0.1) is 0 Å². The lowest BCUT2D eigenvalue weighted by atomic mass is 9.96. The van der Waals surface area contributed by atoms with Crippen LogP contribution in [0.1, 0.15) is 37.3 Å². The average Bonchev–Trinajstić information content (AvgIpc) is 2.17. The van der Waals surface area contributed by atoms with Crippen LogP contribution in [0.3, 0.4) is 0 Å². The van der Waals surface area contributed by atoms with E-state index in [9.17, 15) is 5.11 Å². The van der Waals surface area contributed by atoms with Gasteiger partial charge in [0.15, 0.2) is 0 Å². The number of benzene rings is 1. The molecule has 0 radical (unpaired) electrons. The number of aromatic hydroxyl groups is 1. The number of hydrogen-bond acceptors (Lipinski definition) is 2. The van der Waals surface area contributed by atoms with E-state index >= 15 is 0 Å². The third-order valence-corrected chi connectivity index (χ3v) is 2.50. The molecular weight excluding hydrogens is 198 g/mol. The van der Waals surface area contributed by atoms with E-state index < -0.39 is 0 Å². The molecule has 0 heterocycles. The molecule has 1 unspecified atom stereocenters. The third-order valence-electron chi connectivity index (χ3n) is 2.50. The molecule has 0 aliphatic rings. The van der Waals surface area contributed by atoms with E-state index in [1.54, 1.807) is 6.07 Å². The molecule has 0 aliphatic heterocycles. The van der Waals surface area contributed by atoms with E-state index in [2.05, 4.69) is 13.8 Å². The summed E-state index contributed by atoms with van der Waals surface area (Å²) in [5, 5.41) is 9.41. The van der Waals surface area contributed by atoms with Crippen molar-refractivity contribution < 1.29 is 5.11 Å². The van der Waals surface area contributed by atoms with E-state index in [-0.39, 0.29) is 12.4 Å². The van der Waals surface area contributed by atoms with Crippen LogP contribution >= 0.6 is 12.4 Å². The SMILES string of the molecule is CCC(C)c1ccc(O)c(CN)c1.Cl. The predicted octanol–water partition coefficient (Wildman–Crippen LogP) is 2.79. The molecule has 80 valence electrons. The van der Waals surface area contributed by atoms with Crippen molar-refractivity contribution in [3.63, 3.8) is 0 Å². The highest BCUT2D eigenvalue weighted by Gasteiger charge is 2.05. The molecule has 1 aromatic rings. The van der Waals surface area contributed by atoms with Crippen LogP contribution in [0.2, 0.25) is 0 Å². The van der Waals surface area contributed by atoms with Crippen molar-refractivity contribution in [2.75, 3.05) is 0 Å². The largest absolute Gasteiger partial charge is 0.508 e. The number of nitrogens with two attached hydrogens (primary N) is 1. The van der Waals surface area contributed by atoms with Gasteiger partial charge in [-0.1, -0.05) is 26.0 Å². The summed E-state index contributed by atoms with van der Waals surface area (Å²) in [6.07, 6.45) is 1.11. The Labute approximate surface area is 91.5 Å². The first-order valence-electron chi connectivity index (χ1n) is 4.70. The predicted molar refractivity (Wildman–Crippen MR) is 62.0 cm³/mol. The van der Waals surface area contributed by atoms with Gasteiger partial charge in [-0.2, -0.15) is 0 Å². The molecule has 0 aromatic heterocycles. The lowest BCUT2D eigenvalue weighted by Crippen LogP contribution is -1.99. The fourth-order valence-electron chi connectivity index (χ4n) is 1.31. The molecular formula is C11H18ClNO. The van der Waals surface area contributed by atoms with E-state index in [4.69, 9.17) is 5.73 Å². The molecule has 2 nitrogen and oxygen atoms in total. The molecule has 0 saturated carbocycles. The zero-order valence-electron chi connectivity index (χ0n) is 8.66. The Morgan fingerprint density at radius 1 is 1.43 bits per heavy atom. The molecule has 14 heavy (non-hydrogen) atoms. The summed E-state index contributed by atoms with van der Waals surface area (Å²) in [4.78, 5) is 0. The maximum atomic E-state index is 9.41. The minimum absolute atomic E-state index is 0. The topological polar surface area (TPSA) is 46.2 Å². The van der Waals surface area contributed by atoms with Crippen LogP contribution < -0.4 is 5.73 Å². The lowest BCUT2D eigenvalue weighted by Gasteiger charge is -2.11. The molecule has 1 aromatic carbocycles. The zero-order valence-corrected chi connectivity index (χ0v) is 9.47. The van der Waals surface area contributed by atoms with Crippen molar-refractivity contribution >= 4 is 12.4 Å². The molecule has 1 atom stereocenters. The Bertz CT molecular complexity index is 289. The molecule has 3 heteroatoms. The first-order chi connectivity index (χ1) is 6.19. The van der Waals surface area contributed by atoms with Crippen molar-refractivity contribution in [1.82, 2.24) is 0 Å². The number of rotatable bonds is 3.